The summed E-state index contributed by atoms with van der Waals surface area (Å²) in [5.74, 6) is -0.182. The molecular formula is C23H28N2O3. The third kappa shape index (κ3) is 4.25. The number of amides is 2. The lowest BCUT2D eigenvalue weighted by Gasteiger charge is -2.30. The quantitative estimate of drug-likeness (QED) is 0.740. The number of aliphatic hydroxyl groups is 1. The van der Waals surface area contributed by atoms with Crippen molar-refractivity contribution in [3.05, 3.63) is 71.3 Å². The van der Waals surface area contributed by atoms with Crippen molar-refractivity contribution >= 4 is 11.8 Å². The molecule has 1 aliphatic heterocycles. The van der Waals surface area contributed by atoms with E-state index in [0.29, 0.717) is 18.5 Å². The van der Waals surface area contributed by atoms with E-state index in [1.807, 2.05) is 68.4 Å². The summed E-state index contributed by atoms with van der Waals surface area (Å²) < 4.78 is 0. The van der Waals surface area contributed by atoms with Crippen LogP contribution in [0.5, 0.6) is 0 Å². The maximum atomic E-state index is 13.2. The molecule has 0 spiro atoms. The lowest BCUT2D eigenvalue weighted by Crippen LogP contribution is -2.53. The highest BCUT2D eigenvalue weighted by atomic mass is 16.3. The molecule has 2 aromatic carbocycles. The fraction of sp³-hybridized carbons (Fsp3) is 0.391. The Morgan fingerprint density at radius 2 is 1.82 bits per heavy atom. The van der Waals surface area contributed by atoms with Crippen LogP contribution in [0.1, 0.15) is 41.8 Å². The second-order valence-electron chi connectivity index (χ2n) is 7.48. The number of nitrogens with zero attached hydrogens (tertiary/aromatic N) is 1. The molecule has 1 aliphatic rings. The van der Waals surface area contributed by atoms with Crippen LogP contribution >= 0.6 is 0 Å². The molecule has 0 aromatic heterocycles. The van der Waals surface area contributed by atoms with Gasteiger partial charge in [-0.15, -0.1) is 0 Å². The highest BCUT2D eigenvalue weighted by Gasteiger charge is 2.37. The van der Waals surface area contributed by atoms with E-state index in [1.54, 1.807) is 4.90 Å². The van der Waals surface area contributed by atoms with Gasteiger partial charge in [0.2, 0.25) is 5.91 Å². The summed E-state index contributed by atoms with van der Waals surface area (Å²) in [5, 5.41) is 12.7. The summed E-state index contributed by atoms with van der Waals surface area (Å²) in [6.07, 6.45) is 1.29. The van der Waals surface area contributed by atoms with E-state index >= 15 is 0 Å². The van der Waals surface area contributed by atoms with E-state index in [2.05, 4.69) is 5.32 Å². The Kier molecular flexibility index (Phi) is 6.47. The second kappa shape index (κ2) is 9.02. The van der Waals surface area contributed by atoms with Crippen LogP contribution < -0.4 is 5.32 Å². The van der Waals surface area contributed by atoms with Crippen LogP contribution in [0, 0.1) is 5.92 Å². The topological polar surface area (TPSA) is 69.6 Å². The summed E-state index contributed by atoms with van der Waals surface area (Å²) in [5.41, 5.74) is 2.60. The molecule has 5 nitrogen and oxygen atoms in total. The van der Waals surface area contributed by atoms with Crippen LogP contribution in [-0.4, -0.2) is 40.5 Å². The number of hydrogen-bond acceptors (Lipinski definition) is 3. The van der Waals surface area contributed by atoms with Crippen LogP contribution in [0.3, 0.4) is 0 Å². The van der Waals surface area contributed by atoms with Crippen molar-refractivity contribution in [2.75, 3.05) is 6.61 Å². The standard InChI is InChI=1S/C23H28N2O3/c1-3-16(2)20(15-26)24-22(27)21(13-17-9-5-4-6-10-17)25-14-18-11-7-8-12-19(18)23(25)28/h4-12,16,20-21,26H,3,13-15H2,1-2H3,(H,24,27)/t16-,20-,21-/m0/s1. The Morgan fingerprint density at radius 1 is 1.14 bits per heavy atom. The maximum Gasteiger partial charge on any atom is 0.255 e. The first-order valence-electron chi connectivity index (χ1n) is 9.89. The van der Waals surface area contributed by atoms with Crippen LogP contribution in [0.25, 0.3) is 0 Å². The first kappa shape index (κ1) is 20.1. The highest BCUT2D eigenvalue weighted by molar-refractivity contribution is 6.01. The van der Waals surface area contributed by atoms with Crippen molar-refractivity contribution in [1.29, 1.82) is 0 Å². The summed E-state index contributed by atoms with van der Waals surface area (Å²) in [6, 6.07) is 16.3. The van der Waals surface area contributed by atoms with Crippen LogP contribution in [0.15, 0.2) is 54.6 Å². The number of aliphatic hydroxyl groups excluding tert-OH is 1. The zero-order valence-corrected chi connectivity index (χ0v) is 16.5. The molecule has 5 heteroatoms. The van der Waals surface area contributed by atoms with E-state index < -0.39 is 6.04 Å². The summed E-state index contributed by atoms with van der Waals surface area (Å²) >= 11 is 0. The van der Waals surface area contributed by atoms with Gasteiger partial charge in [0, 0.05) is 18.5 Å². The van der Waals surface area contributed by atoms with Crippen molar-refractivity contribution < 1.29 is 14.7 Å². The molecule has 148 valence electrons. The second-order valence-corrected chi connectivity index (χ2v) is 7.48. The predicted octanol–water partition coefficient (Wildman–Crippen LogP) is 2.78. The number of hydrogen-bond donors (Lipinski definition) is 2. The van der Waals surface area contributed by atoms with Gasteiger partial charge in [-0.3, -0.25) is 9.59 Å². The summed E-state index contributed by atoms with van der Waals surface area (Å²) in [7, 11) is 0. The van der Waals surface area contributed by atoms with Gasteiger partial charge in [-0.05, 0) is 23.1 Å². The Labute approximate surface area is 166 Å². The molecule has 28 heavy (non-hydrogen) atoms. The lowest BCUT2D eigenvalue weighted by atomic mass is 9.98. The van der Waals surface area contributed by atoms with Crippen molar-refractivity contribution in [3.63, 3.8) is 0 Å². The van der Waals surface area contributed by atoms with Gasteiger partial charge >= 0.3 is 0 Å². The fourth-order valence-electron chi connectivity index (χ4n) is 3.64. The third-order valence-electron chi connectivity index (χ3n) is 5.66. The van der Waals surface area contributed by atoms with E-state index in [4.69, 9.17) is 0 Å². The molecule has 2 amide bonds. The molecule has 0 radical (unpaired) electrons. The number of rotatable bonds is 8. The average Bonchev–Trinajstić information content (AvgIpc) is 3.06. The first-order valence-corrected chi connectivity index (χ1v) is 9.89. The van der Waals surface area contributed by atoms with Gasteiger partial charge in [0.1, 0.15) is 6.04 Å². The van der Waals surface area contributed by atoms with Crippen molar-refractivity contribution in [1.82, 2.24) is 10.2 Å². The van der Waals surface area contributed by atoms with Crippen molar-refractivity contribution in [3.8, 4) is 0 Å². The Morgan fingerprint density at radius 3 is 2.46 bits per heavy atom. The van der Waals surface area contributed by atoms with Crippen LogP contribution in [-0.2, 0) is 17.8 Å². The lowest BCUT2D eigenvalue weighted by molar-refractivity contribution is -0.127. The number of carbonyl (C=O) groups excluding carboxylic acids is 2. The molecule has 0 bridgehead atoms. The Bertz CT molecular complexity index is 822. The van der Waals surface area contributed by atoms with E-state index in [9.17, 15) is 14.7 Å². The zero-order chi connectivity index (χ0) is 20.1. The molecule has 1 heterocycles. The van der Waals surface area contributed by atoms with Gasteiger partial charge in [0.15, 0.2) is 0 Å². The normalized spacial score (nSPS) is 16.4. The Hall–Kier alpha value is -2.66. The smallest absolute Gasteiger partial charge is 0.255 e. The largest absolute Gasteiger partial charge is 0.394 e. The van der Waals surface area contributed by atoms with E-state index in [1.165, 1.54) is 0 Å². The number of benzene rings is 2. The van der Waals surface area contributed by atoms with Gasteiger partial charge in [0.25, 0.3) is 5.91 Å². The van der Waals surface area contributed by atoms with Gasteiger partial charge in [-0.25, -0.2) is 0 Å². The predicted molar refractivity (Wildman–Crippen MR) is 109 cm³/mol. The SMILES string of the molecule is CC[C@H](C)[C@H](CO)NC(=O)[C@H](Cc1ccccc1)N1Cc2ccccc2C1=O. The summed E-state index contributed by atoms with van der Waals surface area (Å²) in [4.78, 5) is 27.8. The highest BCUT2D eigenvalue weighted by Crippen LogP contribution is 2.26. The minimum absolute atomic E-state index is 0.115. The molecule has 3 rings (SSSR count). The molecule has 0 aliphatic carbocycles. The molecule has 0 saturated carbocycles. The van der Waals surface area contributed by atoms with E-state index in [-0.39, 0.29) is 30.4 Å². The molecule has 2 aromatic rings. The minimum Gasteiger partial charge on any atom is -0.394 e. The van der Waals surface area contributed by atoms with Gasteiger partial charge < -0.3 is 15.3 Å². The zero-order valence-electron chi connectivity index (χ0n) is 16.5. The average molecular weight is 380 g/mol. The Balaban J connectivity index is 1.85. The molecular weight excluding hydrogens is 352 g/mol. The van der Waals surface area contributed by atoms with Crippen molar-refractivity contribution in [2.45, 2.75) is 45.3 Å². The van der Waals surface area contributed by atoms with E-state index in [0.717, 1.165) is 17.5 Å². The molecule has 0 saturated heterocycles. The molecule has 0 unspecified atom stereocenters. The minimum atomic E-state index is -0.625. The number of fused-ring (bicyclic) bond motifs is 1. The first-order chi connectivity index (χ1) is 13.5. The van der Waals surface area contributed by atoms with Gasteiger partial charge in [-0.2, -0.15) is 0 Å². The molecule has 3 atom stereocenters. The molecule has 2 N–H and O–H groups in total. The van der Waals surface area contributed by atoms with Crippen LogP contribution in [0.2, 0.25) is 0 Å². The van der Waals surface area contributed by atoms with Crippen molar-refractivity contribution in [2.24, 2.45) is 5.92 Å². The number of carbonyl (C=O) groups is 2. The molecule has 0 fully saturated rings. The summed E-state index contributed by atoms with van der Waals surface area (Å²) in [6.45, 7) is 4.34. The third-order valence-corrected chi connectivity index (χ3v) is 5.66. The van der Waals surface area contributed by atoms with Crippen LogP contribution in [0.4, 0.5) is 0 Å². The monoisotopic (exact) mass is 380 g/mol. The van der Waals surface area contributed by atoms with Gasteiger partial charge in [0.05, 0.1) is 12.6 Å². The fourth-order valence-corrected chi connectivity index (χ4v) is 3.64. The number of nitrogens with one attached hydrogen (secondary N) is 1. The maximum absolute atomic E-state index is 13.2. The van der Waals surface area contributed by atoms with Gasteiger partial charge in [-0.1, -0.05) is 68.8 Å².